The number of rotatable bonds is 8. The maximum Gasteiger partial charge on any atom is 0.245 e. The molecule has 0 amide bonds. The van der Waals surface area contributed by atoms with Gasteiger partial charge in [0.1, 0.15) is 9.79 Å². The largest absolute Gasteiger partial charge is 0.390 e. The van der Waals surface area contributed by atoms with Crippen LogP contribution in [0.4, 0.5) is 0 Å². The van der Waals surface area contributed by atoms with Crippen LogP contribution in [0.2, 0.25) is 0 Å². The summed E-state index contributed by atoms with van der Waals surface area (Å²) in [5, 5.41) is 11.7. The third-order valence-corrected chi connectivity index (χ3v) is 11.5. The van der Waals surface area contributed by atoms with Crippen molar-refractivity contribution >= 4 is 51.7 Å². The summed E-state index contributed by atoms with van der Waals surface area (Å²) in [5.74, 6) is -1.18. The minimum Gasteiger partial charge on any atom is -0.390 e. The van der Waals surface area contributed by atoms with E-state index in [9.17, 15) is 30.4 Å². The Bertz CT molecular complexity index is 1830. The number of benzene rings is 2. The molecule has 2 atom stereocenters. The lowest BCUT2D eigenvalue weighted by atomic mass is 10.2. The highest BCUT2D eigenvalue weighted by Gasteiger charge is 2.45. The predicted octanol–water partition coefficient (Wildman–Crippen LogP) is 0.910. The molecule has 2 aromatic carbocycles. The molecule has 11 nitrogen and oxygen atoms in total. The van der Waals surface area contributed by atoms with Crippen LogP contribution in [0.5, 0.6) is 0 Å². The van der Waals surface area contributed by atoms with Gasteiger partial charge >= 0.3 is 0 Å². The van der Waals surface area contributed by atoms with E-state index < -0.39 is 60.1 Å². The highest BCUT2D eigenvalue weighted by Crippen LogP contribution is 2.29. The first kappa shape index (κ1) is 26.6. The summed E-state index contributed by atoms with van der Waals surface area (Å²) in [5.41, 5.74) is 0.434. The minimum atomic E-state index is -4.41. The van der Waals surface area contributed by atoms with Gasteiger partial charge in [-0.1, -0.05) is 36.4 Å². The van der Waals surface area contributed by atoms with E-state index in [1.165, 1.54) is 30.6 Å². The number of para-hydroxylation sites is 2. The maximum absolute atomic E-state index is 13.9. The molecule has 2 N–H and O–H groups in total. The number of aromatic nitrogens is 2. The summed E-state index contributed by atoms with van der Waals surface area (Å²) in [7, 11) is -12.2. The highest BCUT2D eigenvalue weighted by molar-refractivity contribution is 7.92. The van der Waals surface area contributed by atoms with Crippen LogP contribution >= 0.6 is 0 Å². The first-order valence-corrected chi connectivity index (χ1v) is 16.3. The number of aliphatic hydroxyl groups excluding tert-OH is 1. The number of sulfone groups is 1. The summed E-state index contributed by atoms with van der Waals surface area (Å²) in [6, 6.07) is 14.7. The smallest absolute Gasteiger partial charge is 0.245 e. The average molecular weight is 577 g/mol. The highest BCUT2D eigenvalue weighted by atomic mass is 32.2. The fraction of sp³-hybridized carbons (Fsp3) is 0.250. The van der Waals surface area contributed by atoms with E-state index in [0.29, 0.717) is 10.8 Å². The van der Waals surface area contributed by atoms with Gasteiger partial charge in [0.25, 0.3) is 0 Å². The average Bonchev–Trinajstić information content (AvgIpc) is 3.17. The zero-order valence-electron chi connectivity index (χ0n) is 19.9. The Kier molecular flexibility index (Phi) is 6.96. The van der Waals surface area contributed by atoms with Gasteiger partial charge in [-0.15, -0.1) is 0 Å². The molecule has 1 fully saturated rings. The summed E-state index contributed by atoms with van der Waals surface area (Å²) in [4.78, 5) is 8.09. The molecule has 200 valence electrons. The van der Waals surface area contributed by atoms with Gasteiger partial charge in [-0.05, 0) is 24.3 Å². The summed E-state index contributed by atoms with van der Waals surface area (Å²) in [6.45, 7) is -0.813. The lowest BCUT2D eigenvalue weighted by Gasteiger charge is -2.29. The van der Waals surface area contributed by atoms with Crippen molar-refractivity contribution in [3.63, 3.8) is 0 Å². The van der Waals surface area contributed by atoms with Gasteiger partial charge in [0.2, 0.25) is 20.0 Å². The number of hydrogen-bond donors (Lipinski definition) is 2. The van der Waals surface area contributed by atoms with E-state index in [1.807, 2.05) is 0 Å². The standard InChI is InChI=1S/C24H24N4O7S3/c29-20-16-36(30,31)15-19(20)28(38(34,35)22-10-2-6-18-8-4-12-26-24(18)22)14-13-27-37(32,33)21-9-1-5-17-7-3-11-25-23(17)21/h1-12,19-20,27,29H,13-16H2/t19-,20+/m1/s1. The monoisotopic (exact) mass is 576 g/mol. The first-order valence-electron chi connectivity index (χ1n) is 11.6. The van der Waals surface area contributed by atoms with Crippen LogP contribution in [0.1, 0.15) is 0 Å². The van der Waals surface area contributed by atoms with Gasteiger partial charge in [-0.3, -0.25) is 9.97 Å². The van der Waals surface area contributed by atoms with Crippen LogP contribution < -0.4 is 4.72 Å². The summed E-state index contributed by atoms with van der Waals surface area (Å²) in [6.07, 6.45) is 1.43. The Balaban J connectivity index is 1.49. The second kappa shape index (κ2) is 9.94. The van der Waals surface area contributed by atoms with Crippen molar-refractivity contribution in [1.29, 1.82) is 0 Å². The van der Waals surface area contributed by atoms with Crippen molar-refractivity contribution in [2.45, 2.75) is 21.9 Å². The third kappa shape index (κ3) is 5.02. The van der Waals surface area contributed by atoms with Crippen LogP contribution in [0.3, 0.4) is 0 Å². The molecule has 4 aromatic rings. The molecule has 0 bridgehead atoms. The lowest BCUT2D eigenvalue weighted by molar-refractivity contribution is 0.128. The van der Waals surface area contributed by atoms with Crippen LogP contribution in [0.25, 0.3) is 21.8 Å². The third-order valence-electron chi connectivity index (χ3n) is 6.36. The quantitative estimate of drug-likeness (QED) is 0.310. The number of hydrogen-bond acceptors (Lipinski definition) is 9. The number of nitrogens with zero attached hydrogens (tertiary/aromatic N) is 3. The van der Waals surface area contributed by atoms with E-state index in [-0.39, 0.29) is 27.4 Å². The van der Waals surface area contributed by atoms with Crippen molar-refractivity contribution in [1.82, 2.24) is 19.0 Å². The normalized spacial score (nSPS) is 19.8. The van der Waals surface area contributed by atoms with Crippen molar-refractivity contribution in [2.75, 3.05) is 24.6 Å². The number of nitrogens with one attached hydrogen (secondary N) is 1. The zero-order chi connectivity index (χ0) is 27.1. The predicted molar refractivity (Wildman–Crippen MR) is 141 cm³/mol. The molecular formula is C24H24N4O7S3. The van der Waals surface area contributed by atoms with Crippen molar-refractivity contribution < 1.29 is 30.4 Å². The zero-order valence-corrected chi connectivity index (χ0v) is 22.3. The molecule has 14 heteroatoms. The second-order valence-electron chi connectivity index (χ2n) is 8.89. The molecule has 0 saturated carbocycles. The molecule has 1 aliphatic rings. The van der Waals surface area contributed by atoms with Crippen LogP contribution in [-0.2, 0) is 29.9 Å². The van der Waals surface area contributed by atoms with Crippen LogP contribution in [0, 0.1) is 0 Å². The van der Waals surface area contributed by atoms with Crippen molar-refractivity contribution in [2.24, 2.45) is 0 Å². The molecule has 3 heterocycles. The Labute approximate surface area is 220 Å². The topological polar surface area (TPSA) is 164 Å². The van der Waals surface area contributed by atoms with Crippen molar-refractivity contribution in [3.05, 3.63) is 73.1 Å². The van der Waals surface area contributed by atoms with Gasteiger partial charge in [0.15, 0.2) is 9.84 Å². The van der Waals surface area contributed by atoms with Gasteiger partial charge in [-0.25, -0.2) is 30.0 Å². The van der Waals surface area contributed by atoms with E-state index >= 15 is 0 Å². The number of fused-ring (bicyclic) bond motifs is 2. The minimum absolute atomic E-state index is 0.0771. The van der Waals surface area contributed by atoms with E-state index in [0.717, 1.165) is 4.31 Å². The molecule has 0 spiro atoms. The number of aliphatic hydroxyl groups is 1. The SMILES string of the molecule is O=S1(=O)C[C@@H](N(CCNS(=O)(=O)c2cccc3cccnc23)S(=O)(=O)c2cccc3cccnc23)[C@@H](O)C1. The van der Waals surface area contributed by atoms with Crippen LogP contribution in [-0.4, -0.2) is 81.4 Å². The summed E-state index contributed by atoms with van der Waals surface area (Å²) >= 11 is 0. The van der Waals surface area contributed by atoms with E-state index in [2.05, 4.69) is 14.7 Å². The van der Waals surface area contributed by atoms with Crippen molar-refractivity contribution in [3.8, 4) is 0 Å². The summed E-state index contributed by atoms with van der Waals surface area (Å²) < 4.78 is 81.8. The molecule has 0 aliphatic carbocycles. The molecule has 1 aliphatic heterocycles. The van der Waals surface area contributed by atoms with Crippen LogP contribution in [0.15, 0.2) is 82.8 Å². The molecule has 1 saturated heterocycles. The van der Waals surface area contributed by atoms with E-state index in [1.54, 1.807) is 42.5 Å². The molecule has 0 unspecified atom stereocenters. The lowest BCUT2D eigenvalue weighted by Crippen LogP contribution is -2.49. The molecular weight excluding hydrogens is 552 g/mol. The number of pyridine rings is 2. The molecule has 5 rings (SSSR count). The van der Waals surface area contributed by atoms with Gasteiger partial charge in [-0.2, -0.15) is 4.31 Å². The fourth-order valence-electron chi connectivity index (χ4n) is 4.62. The van der Waals surface area contributed by atoms with Gasteiger partial charge < -0.3 is 5.11 Å². The Morgan fingerprint density at radius 2 is 1.39 bits per heavy atom. The van der Waals surface area contributed by atoms with Gasteiger partial charge in [0, 0.05) is 36.3 Å². The second-order valence-corrected chi connectivity index (χ2v) is 14.6. The Hall–Kier alpha value is -3.01. The van der Waals surface area contributed by atoms with Gasteiger partial charge in [0.05, 0.1) is 34.7 Å². The Morgan fingerprint density at radius 1 is 0.842 bits per heavy atom. The number of sulfonamides is 2. The Morgan fingerprint density at radius 3 is 1.97 bits per heavy atom. The fourth-order valence-corrected chi connectivity index (χ4v) is 9.54. The molecule has 2 aromatic heterocycles. The maximum atomic E-state index is 13.9. The molecule has 38 heavy (non-hydrogen) atoms. The molecule has 0 radical (unpaired) electrons. The first-order chi connectivity index (χ1) is 18.0. The van der Waals surface area contributed by atoms with E-state index in [4.69, 9.17) is 0 Å².